The Balaban J connectivity index is 2.22. The van der Waals surface area contributed by atoms with E-state index in [0.717, 1.165) is 6.54 Å². The van der Waals surface area contributed by atoms with Crippen molar-refractivity contribution < 1.29 is 0 Å². The van der Waals surface area contributed by atoms with E-state index in [2.05, 4.69) is 37.9 Å². The molecule has 1 heterocycles. The molecule has 1 rings (SSSR count). The molecule has 1 fully saturated rings. The van der Waals surface area contributed by atoms with Gasteiger partial charge < -0.3 is 5.32 Å². The second kappa shape index (κ2) is 6.61. The molecule has 0 aromatic carbocycles. The van der Waals surface area contributed by atoms with E-state index in [-0.39, 0.29) is 0 Å². The van der Waals surface area contributed by atoms with Crippen LogP contribution in [0.1, 0.15) is 59.8 Å². The average Bonchev–Trinajstić information content (AvgIpc) is 2.23. The summed E-state index contributed by atoms with van der Waals surface area (Å²) in [4.78, 5) is 2.67. The van der Waals surface area contributed by atoms with Crippen LogP contribution in [0.15, 0.2) is 0 Å². The van der Waals surface area contributed by atoms with E-state index in [9.17, 15) is 0 Å². The van der Waals surface area contributed by atoms with Crippen LogP contribution in [0.25, 0.3) is 0 Å². The van der Waals surface area contributed by atoms with Gasteiger partial charge in [0, 0.05) is 24.7 Å². The van der Waals surface area contributed by atoms with Crippen molar-refractivity contribution in [3.63, 3.8) is 0 Å². The maximum atomic E-state index is 3.57. The number of nitrogens with one attached hydrogen (secondary N) is 1. The van der Waals surface area contributed by atoms with Gasteiger partial charge in [0.05, 0.1) is 0 Å². The Bertz CT molecular complexity index is 189. The van der Waals surface area contributed by atoms with Crippen molar-refractivity contribution in [1.29, 1.82) is 0 Å². The molecule has 0 amide bonds. The molecule has 0 aliphatic carbocycles. The first-order valence-corrected chi connectivity index (χ1v) is 7.04. The molecule has 96 valence electrons. The molecule has 1 aliphatic heterocycles. The monoisotopic (exact) mass is 226 g/mol. The van der Waals surface area contributed by atoms with Crippen molar-refractivity contribution in [3.8, 4) is 0 Å². The van der Waals surface area contributed by atoms with Crippen molar-refractivity contribution in [2.24, 2.45) is 0 Å². The Morgan fingerprint density at radius 3 is 2.56 bits per heavy atom. The van der Waals surface area contributed by atoms with Crippen LogP contribution in [0, 0.1) is 0 Å². The van der Waals surface area contributed by atoms with Gasteiger partial charge in [-0.2, -0.15) is 0 Å². The molecule has 0 spiro atoms. The summed E-state index contributed by atoms with van der Waals surface area (Å²) in [5.74, 6) is 0. The molecule has 2 nitrogen and oxygen atoms in total. The zero-order valence-electron chi connectivity index (χ0n) is 11.7. The fourth-order valence-electron chi connectivity index (χ4n) is 2.48. The highest BCUT2D eigenvalue weighted by molar-refractivity contribution is 4.91. The third-order valence-electron chi connectivity index (χ3n) is 3.77. The molecule has 2 heteroatoms. The van der Waals surface area contributed by atoms with Crippen LogP contribution in [0.5, 0.6) is 0 Å². The molecule has 1 unspecified atom stereocenters. The lowest BCUT2D eigenvalue weighted by Crippen LogP contribution is -2.61. The molecule has 0 saturated carbocycles. The fourth-order valence-corrected chi connectivity index (χ4v) is 2.48. The predicted molar refractivity (Wildman–Crippen MR) is 71.9 cm³/mol. The van der Waals surface area contributed by atoms with Crippen molar-refractivity contribution in [3.05, 3.63) is 0 Å². The molecular formula is C14H30N2. The number of nitrogens with zero attached hydrogens (tertiary/aromatic N) is 1. The van der Waals surface area contributed by atoms with Gasteiger partial charge in [-0.1, -0.05) is 32.6 Å². The quantitative estimate of drug-likeness (QED) is 0.700. The minimum Gasteiger partial charge on any atom is -0.311 e. The second-order valence-electron chi connectivity index (χ2n) is 5.95. The van der Waals surface area contributed by atoms with Crippen LogP contribution in [-0.2, 0) is 0 Å². The highest BCUT2D eigenvalue weighted by Crippen LogP contribution is 2.19. The van der Waals surface area contributed by atoms with E-state index in [4.69, 9.17) is 0 Å². The highest BCUT2D eigenvalue weighted by Gasteiger charge is 2.31. The highest BCUT2D eigenvalue weighted by atomic mass is 15.3. The molecular weight excluding hydrogens is 196 g/mol. The summed E-state index contributed by atoms with van der Waals surface area (Å²) in [5.41, 5.74) is 0.345. The Morgan fingerprint density at radius 2 is 1.88 bits per heavy atom. The van der Waals surface area contributed by atoms with Gasteiger partial charge in [-0.05, 0) is 33.7 Å². The number of rotatable bonds is 6. The molecule has 0 aromatic heterocycles. The molecule has 1 N–H and O–H groups in total. The lowest BCUT2D eigenvalue weighted by atomic mass is 9.97. The van der Waals surface area contributed by atoms with Gasteiger partial charge in [-0.25, -0.2) is 0 Å². The van der Waals surface area contributed by atoms with Gasteiger partial charge in [0.15, 0.2) is 0 Å². The molecule has 16 heavy (non-hydrogen) atoms. The van der Waals surface area contributed by atoms with Crippen molar-refractivity contribution in [2.75, 3.05) is 19.6 Å². The van der Waals surface area contributed by atoms with Gasteiger partial charge in [0.1, 0.15) is 0 Å². The summed E-state index contributed by atoms with van der Waals surface area (Å²) in [6.45, 7) is 12.9. The van der Waals surface area contributed by atoms with Crippen molar-refractivity contribution >= 4 is 0 Å². The van der Waals surface area contributed by atoms with Crippen molar-refractivity contribution in [1.82, 2.24) is 10.2 Å². The van der Waals surface area contributed by atoms with Crippen LogP contribution in [0.3, 0.4) is 0 Å². The maximum Gasteiger partial charge on any atom is 0.0278 e. The third-order valence-corrected chi connectivity index (χ3v) is 3.77. The van der Waals surface area contributed by atoms with E-state index in [1.54, 1.807) is 0 Å². The molecule has 0 radical (unpaired) electrons. The summed E-state index contributed by atoms with van der Waals surface area (Å²) < 4.78 is 0. The fraction of sp³-hybridized carbons (Fsp3) is 1.00. The first-order chi connectivity index (χ1) is 7.56. The van der Waals surface area contributed by atoms with Crippen LogP contribution in [-0.4, -0.2) is 36.1 Å². The molecule has 1 atom stereocenters. The van der Waals surface area contributed by atoms with Crippen molar-refractivity contribution in [2.45, 2.75) is 71.4 Å². The summed E-state index contributed by atoms with van der Waals surface area (Å²) in [5, 5.41) is 3.57. The van der Waals surface area contributed by atoms with Gasteiger partial charge in [-0.3, -0.25) is 4.90 Å². The predicted octanol–water partition coefficient (Wildman–Crippen LogP) is 3.03. The average molecular weight is 226 g/mol. The molecule has 1 saturated heterocycles. The number of hydrogen-bond donors (Lipinski definition) is 1. The van der Waals surface area contributed by atoms with Crippen LogP contribution in [0.2, 0.25) is 0 Å². The summed E-state index contributed by atoms with van der Waals surface area (Å²) >= 11 is 0. The van der Waals surface area contributed by atoms with Crippen LogP contribution in [0.4, 0.5) is 0 Å². The SMILES string of the molecule is CCCCCCCN1CC(C)NCC1(C)C. The zero-order chi connectivity index (χ0) is 12.0. The Morgan fingerprint density at radius 1 is 1.19 bits per heavy atom. The number of piperazine rings is 1. The largest absolute Gasteiger partial charge is 0.311 e. The van der Waals surface area contributed by atoms with Crippen LogP contribution < -0.4 is 5.32 Å². The minimum atomic E-state index is 0.345. The van der Waals surface area contributed by atoms with Crippen LogP contribution >= 0.6 is 0 Å². The van der Waals surface area contributed by atoms with Gasteiger partial charge in [0.2, 0.25) is 0 Å². The van der Waals surface area contributed by atoms with E-state index in [1.165, 1.54) is 45.2 Å². The lowest BCUT2D eigenvalue weighted by Gasteiger charge is -2.45. The van der Waals surface area contributed by atoms with Gasteiger partial charge in [-0.15, -0.1) is 0 Å². The lowest BCUT2D eigenvalue weighted by molar-refractivity contribution is 0.0684. The zero-order valence-corrected chi connectivity index (χ0v) is 11.7. The van der Waals surface area contributed by atoms with E-state index in [0.29, 0.717) is 11.6 Å². The molecule has 1 aliphatic rings. The van der Waals surface area contributed by atoms with E-state index >= 15 is 0 Å². The summed E-state index contributed by atoms with van der Waals surface area (Å²) in [6.07, 6.45) is 6.94. The topological polar surface area (TPSA) is 15.3 Å². The standard InChI is InChI=1S/C14H30N2/c1-5-6-7-8-9-10-16-11-13(2)15-12-14(16,3)4/h13,15H,5-12H2,1-4H3. The molecule has 0 bridgehead atoms. The third kappa shape index (κ3) is 4.42. The number of hydrogen-bond acceptors (Lipinski definition) is 2. The molecule has 0 aromatic rings. The minimum absolute atomic E-state index is 0.345. The van der Waals surface area contributed by atoms with Gasteiger partial charge >= 0.3 is 0 Å². The Labute approximate surface area is 102 Å². The Hall–Kier alpha value is -0.0800. The summed E-state index contributed by atoms with van der Waals surface area (Å²) in [7, 11) is 0. The van der Waals surface area contributed by atoms with E-state index < -0.39 is 0 Å². The first kappa shape index (κ1) is 14.0. The first-order valence-electron chi connectivity index (χ1n) is 7.04. The van der Waals surface area contributed by atoms with E-state index in [1.807, 2.05) is 0 Å². The second-order valence-corrected chi connectivity index (χ2v) is 5.95. The number of unbranched alkanes of at least 4 members (excludes halogenated alkanes) is 4. The normalized spacial score (nSPS) is 25.9. The summed E-state index contributed by atoms with van der Waals surface area (Å²) in [6, 6.07) is 0.656. The smallest absolute Gasteiger partial charge is 0.0278 e. The van der Waals surface area contributed by atoms with Gasteiger partial charge in [0.25, 0.3) is 0 Å². The maximum absolute atomic E-state index is 3.57. The Kier molecular flexibility index (Phi) is 5.77.